The summed E-state index contributed by atoms with van der Waals surface area (Å²) in [4.78, 5) is 21.7. The largest absolute Gasteiger partial charge is 0.388 e. The van der Waals surface area contributed by atoms with E-state index in [1.165, 1.54) is 12.4 Å². The van der Waals surface area contributed by atoms with Crippen molar-refractivity contribution in [2.24, 2.45) is 5.73 Å². The Hall–Kier alpha value is -1.76. The average molecular weight is 267 g/mol. The zero-order chi connectivity index (χ0) is 13.7. The third kappa shape index (κ3) is 4.25. The predicted octanol–water partition coefficient (Wildman–Crippen LogP) is 0.0716. The summed E-state index contributed by atoms with van der Waals surface area (Å²) in [6, 6.07) is 0.119. The van der Waals surface area contributed by atoms with E-state index >= 15 is 0 Å². The normalized spacial score (nSPS) is 10.2. The van der Waals surface area contributed by atoms with E-state index in [9.17, 15) is 4.79 Å². The summed E-state index contributed by atoms with van der Waals surface area (Å²) in [5.74, 6) is 0.529. The molecule has 0 saturated carbocycles. The minimum Gasteiger partial charge on any atom is -0.388 e. The summed E-state index contributed by atoms with van der Waals surface area (Å²) in [6.45, 7) is 4.04. The highest BCUT2D eigenvalue weighted by Crippen LogP contribution is 2.06. The molecular formula is C11H17N5OS. The fourth-order valence-corrected chi connectivity index (χ4v) is 1.42. The summed E-state index contributed by atoms with van der Waals surface area (Å²) < 4.78 is 0. The van der Waals surface area contributed by atoms with E-state index in [-0.39, 0.29) is 23.5 Å². The van der Waals surface area contributed by atoms with Crippen LogP contribution in [0.1, 0.15) is 19.5 Å². The number of nitrogens with one attached hydrogen (secondary N) is 1. The second-order valence-corrected chi connectivity index (χ2v) is 4.64. The molecule has 1 rings (SSSR count). The van der Waals surface area contributed by atoms with Crippen LogP contribution in [-0.4, -0.2) is 40.5 Å². The second-order valence-electron chi connectivity index (χ2n) is 4.20. The Balaban J connectivity index is 2.64. The zero-order valence-corrected chi connectivity index (χ0v) is 11.5. The number of anilines is 1. The van der Waals surface area contributed by atoms with Gasteiger partial charge in [-0.1, -0.05) is 12.2 Å². The topological polar surface area (TPSA) is 84.1 Å². The summed E-state index contributed by atoms with van der Waals surface area (Å²) in [5.41, 5.74) is 5.89. The number of nitrogens with two attached hydrogens (primary N) is 1. The van der Waals surface area contributed by atoms with Crippen molar-refractivity contribution < 1.29 is 4.79 Å². The molecule has 0 aromatic carbocycles. The number of carbonyl (C=O) groups is 1. The Morgan fingerprint density at radius 3 is 2.61 bits per heavy atom. The van der Waals surface area contributed by atoms with E-state index in [4.69, 9.17) is 18.0 Å². The summed E-state index contributed by atoms with van der Waals surface area (Å²) in [6.07, 6.45) is 3.03. The predicted molar refractivity (Wildman–Crippen MR) is 74.5 cm³/mol. The van der Waals surface area contributed by atoms with Crippen molar-refractivity contribution in [3.8, 4) is 0 Å². The highest BCUT2D eigenvalue weighted by Gasteiger charge is 2.10. The molecule has 1 aromatic rings. The molecule has 1 aromatic heterocycles. The van der Waals surface area contributed by atoms with Crippen LogP contribution in [0.25, 0.3) is 0 Å². The molecule has 0 unspecified atom stereocenters. The lowest BCUT2D eigenvalue weighted by molar-refractivity contribution is -0.120. The number of aromatic nitrogens is 2. The van der Waals surface area contributed by atoms with Crippen molar-refractivity contribution in [1.82, 2.24) is 15.3 Å². The van der Waals surface area contributed by atoms with E-state index in [0.717, 1.165) is 0 Å². The monoisotopic (exact) mass is 267 g/mol. The molecule has 0 aliphatic heterocycles. The standard InChI is InChI=1S/C11H17N5OS/c1-7(2)15-10(17)6-16(3)9-5-13-8(4-14-9)11(12)18/h4-5,7H,6H2,1-3H3,(H2,12,18)(H,15,17). The van der Waals surface area contributed by atoms with Gasteiger partial charge in [-0.2, -0.15) is 0 Å². The van der Waals surface area contributed by atoms with Gasteiger partial charge in [-0.3, -0.25) is 4.79 Å². The molecule has 0 bridgehead atoms. The molecule has 0 spiro atoms. The van der Waals surface area contributed by atoms with E-state index < -0.39 is 0 Å². The minimum absolute atomic E-state index is 0.0623. The maximum Gasteiger partial charge on any atom is 0.239 e. The number of rotatable bonds is 5. The highest BCUT2D eigenvalue weighted by atomic mass is 32.1. The average Bonchev–Trinajstić information content (AvgIpc) is 2.27. The van der Waals surface area contributed by atoms with Crippen LogP contribution in [0.3, 0.4) is 0 Å². The van der Waals surface area contributed by atoms with Crippen molar-refractivity contribution in [2.45, 2.75) is 19.9 Å². The van der Waals surface area contributed by atoms with Gasteiger partial charge in [-0.05, 0) is 13.8 Å². The van der Waals surface area contributed by atoms with Crippen LogP contribution in [0.2, 0.25) is 0 Å². The molecule has 0 aliphatic rings. The molecular weight excluding hydrogens is 250 g/mol. The van der Waals surface area contributed by atoms with Gasteiger partial charge >= 0.3 is 0 Å². The van der Waals surface area contributed by atoms with Gasteiger partial charge in [-0.15, -0.1) is 0 Å². The number of hydrogen-bond donors (Lipinski definition) is 2. The third-order valence-corrected chi connectivity index (χ3v) is 2.32. The second kappa shape index (κ2) is 6.25. The van der Waals surface area contributed by atoms with E-state index in [0.29, 0.717) is 11.5 Å². The van der Waals surface area contributed by atoms with Crippen molar-refractivity contribution in [1.29, 1.82) is 0 Å². The Morgan fingerprint density at radius 2 is 2.17 bits per heavy atom. The Bertz CT molecular complexity index is 432. The van der Waals surface area contributed by atoms with Crippen molar-refractivity contribution in [3.05, 3.63) is 18.1 Å². The molecule has 1 heterocycles. The molecule has 0 radical (unpaired) electrons. The van der Waals surface area contributed by atoms with Crippen molar-refractivity contribution in [3.63, 3.8) is 0 Å². The molecule has 3 N–H and O–H groups in total. The van der Waals surface area contributed by atoms with Crippen LogP contribution in [-0.2, 0) is 4.79 Å². The smallest absolute Gasteiger partial charge is 0.239 e. The zero-order valence-electron chi connectivity index (χ0n) is 10.7. The molecule has 7 heteroatoms. The molecule has 6 nitrogen and oxygen atoms in total. The number of carbonyl (C=O) groups excluding carboxylic acids is 1. The Morgan fingerprint density at radius 1 is 1.50 bits per heavy atom. The lowest BCUT2D eigenvalue weighted by atomic mass is 10.4. The lowest BCUT2D eigenvalue weighted by Crippen LogP contribution is -2.38. The van der Waals surface area contributed by atoms with Crippen LogP contribution < -0.4 is 16.0 Å². The van der Waals surface area contributed by atoms with Crippen LogP contribution in [0.15, 0.2) is 12.4 Å². The van der Waals surface area contributed by atoms with Gasteiger partial charge in [0.1, 0.15) is 16.5 Å². The van der Waals surface area contributed by atoms with Crippen LogP contribution in [0.5, 0.6) is 0 Å². The summed E-state index contributed by atoms with van der Waals surface area (Å²) in [5, 5.41) is 2.80. The highest BCUT2D eigenvalue weighted by molar-refractivity contribution is 7.80. The molecule has 98 valence electrons. The third-order valence-electron chi connectivity index (χ3n) is 2.11. The van der Waals surface area contributed by atoms with Gasteiger partial charge in [0.15, 0.2) is 0 Å². The maximum absolute atomic E-state index is 11.6. The van der Waals surface area contributed by atoms with Gasteiger partial charge in [0, 0.05) is 13.1 Å². The number of likely N-dealkylation sites (N-methyl/N-ethyl adjacent to an activating group) is 1. The molecule has 0 atom stereocenters. The van der Waals surface area contributed by atoms with Crippen LogP contribution in [0, 0.1) is 0 Å². The molecule has 0 aliphatic carbocycles. The summed E-state index contributed by atoms with van der Waals surface area (Å²) in [7, 11) is 1.77. The maximum atomic E-state index is 11.6. The Labute approximate surface area is 112 Å². The van der Waals surface area contributed by atoms with E-state index in [1.54, 1.807) is 11.9 Å². The van der Waals surface area contributed by atoms with Crippen LogP contribution in [0.4, 0.5) is 5.82 Å². The van der Waals surface area contributed by atoms with Crippen molar-refractivity contribution >= 4 is 28.9 Å². The number of amides is 1. The Kier molecular flexibility index (Phi) is 4.96. The quantitative estimate of drug-likeness (QED) is 0.735. The first kappa shape index (κ1) is 14.3. The fraction of sp³-hybridized carbons (Fsp3) is 0.455. The molecule has 0 fully saturated rings. The van der Waals surface area contributed by atoms with Gasteiger partial charge in [0.05, 0.1) is 18.9 Å². The number of nitrogens with zero attached hydrogens (tertiary/aromatic N) is 3. The number of hydrogen-bond acceptors (Lipinski definition) is 5. The molecule has 0 saturated heterocycles. The van der Waals surface area contributed by atoms with E-state index in [1.807, 2.05) is 13.8 Å². The summed E-state index contributed by atoms with van der Waals surface area (Å²) >= 11 is 4.79. The molecule has 18 heavy (non-hydrogen) atoms. The SMILES string of the molecule is CC(C)NC(=O)CN(C)c1cnc(C(N)=S)cn1. The van der Waals surface area contributed by atoms with Gasteiger partial charge in [-0.25, -0.2) is 9.97 Å². The van der Waals surface area contributed by atoms with Gasteiger partial charge in [0.2, 0.25) is 5.91 Å². The van der Waals surface area contributed by atoms with Crippen molar-refractivity contribution in [2.75, 3.05) is 18.5 Å². The first-order valence-corrected chi connectivity index (χ1v) is 5.93. The van der Waals surface area contributed by atoms with E-state index in [2.05, 4.69) is 15.3 Å². The van der Waals surface area contributed by atoms with Crippen LogP contribution >= 0.6 is 12.2 Å². The van der Waals surface area contributed by atoms with Gasteiger partial charge in [0.25, 0.3) is 0 Å². The first-order valence-electron chi connectivity index (χ1n) is 5.52. The lowest BCUT2D eigenvalue weighted by Gasteiger charge is -2.18. The number of thiocarbonyl (C=S) groups is 1. The molecule has 1 amide bonds. The van der Waals surface area contributed by atoms with Gasteiger partial charge < -0.3 is 16.0 Å². The first-order chi connectivity index (χ1) is 8.40. The fourth-order valence-electron chi connectivity index (χ4n) is 1.31. The minimum atomic E-state index is -0.0623.